The average molecular weight is 356 g/mol. The van der Waals surface area contributed by atoms with Crippen molar-refractivity contribution in [2.24, 2.45) is 4.40 Å². The molecule has 1 rings (SSSR count). The van der Waals surface area contributed by atoms with Gasteiger partial charge in [0.2, 0.25) is 0 Å². The zero-order valence-corrected chi connectivity index (χ0v) is 13.0. The summed E-state index contributed by atoms with van der Waals surface area (Å²) in [6, 6.07) is 3.64. The molecule has 0 spiro atoms. The molecule has 0 aliphatic carbocycles. The normalized spacial score (nSPS) is 14.9. The third kappa shape index (κ3) is 4.50. The van der Waals surface area contributed by atoms with E-state index < -0.39 is 34.1 Å². The average Bonchev–Trinajstić information content (AvgIpc) is 2.27. The molecule has 1 aromatic rings. The molecule has 0 aliphatic rings. The quantitative estimate of drug-likeness (QED) is 0.593. The summed E-state index contributed by atoms with van der Waals surface area (Å²) in [5.74, 6) is -0.826. The van der Waals surface area contributed by atoms with Crippen LogP contribution < -0.4 is 0 Å². The molecule has 0 saturated carbocycles. The van der Waals surface area contributed by atoms with Crippen molar-refractivity contribution in [2.75, 3.05) is 0 Å². The zero-order chi connectivity index (χ0) is 14.8. The highest BCUT2D eigenvalue weighted by atomic mass is 79.9. The second-order valence-electron chi connectivity index (χ2n) is 4.76. The van der Waals surface area contributed by atoms with Gasteiger partial charge in [-0.3, -0.25) is 0 Å². The van der Waals surface area contributed by atoms with E-state index in [4.69, 9.17) is 0 Å². The molecular formula is C12H13BrF3NOS. The van der Waals surface area contributed by atoms with Gasteiger partial charge in [0.1, 0.15) is 21.9 Å². The van der Waals surface area contributed by atoms with Gasteiger partial charge in [-0.15, -0.1) is 0 Å². The van der Waals surface area contributed by atoms with Crippen molar-refractivity contribution >= 4 is 33.0 Å². The van der Waals surface area contributed by atoms with E-state index in [9.17, 15) is 17.7 Å². The van der Waals surface area contributed by atoms with E-state index in [0.717, 1.165) is 6.07 Å². The van der Waals surface area contributed by atoms with Gasteiger partial charge in [0.25, 0.3) is 6.43 Å². The van der Waals surface area contributed by atoms with Crippen LogP contribution >= 0.6 is 15.9 Å². The van der Waals surface area contributed by atoms with Gasteiger partial charge in [-0.2, -0.15) is 0 Å². The molecule has 0 unspecified atom stereocenters. The van der Waals surface area contributed by atoms with Gasteiger partial charge in [0, 0.05) is 10.0 Å². The highest BCUT2D eigenvalue weighted by molar-refractivity contribution is 9.10. The first-order chi connectivity index (χ1) is 8.62. The molecular weight excluding hydrogens is 343 g/mol. The van der Waals surface area contributed by atoms with Gasteiger partial charge in [-0.25, -0.2) is 13.2 Å². The minimum Gasteiger partial charge on any atom is -0.591 e. The second kappa shape index (κ2) is 6.28. The molecule has 0 saturated heterocycles. The van der Waals surface area contributed by atoms with Gasteiger partial charge in [-0.05, 0) is 39.0 Å². The van der Waals surface area contributed by atoms with Crippen LogP contribution in [0.25, 0.3) is 0 Å². The SMILES string of the molecule is CC(C)(C)[S@@+]([O-])/N=C(/c1cc(Br)ccc1F)C(F)F. The first-order valence-corrected chi connectivity index (χ1v) is 7.27. The summed E-state index contributed by atoms with van der Waals surface area (Å²) in [6.45, 7) is 4.81. The van der Waals surface area contributed by atoms with Gasteiger partial charge in [-0.1, -0.05) is 20.3 Å². The lowest BCUT2D eigenvalue weighted by atomic mass is 10.1. The lowest BCUT2D eigenvalue weighted by Gasteiger charge is -2.19. The Balaban J connectivity index is 3.29. The molecule has 0 radical (unpaired) electrons. The van der Waals surface area contributed by atoms with Gasteiger partial charge >= 0.3 is 0 Å². The minimum absolute atomic E-state index is 0.345. The zero-order valence-electron chi connectivity index (χ0n) is 10.6. The molecule has 0 aromatic heterocycles. The standard InChI is InChI=1S/C12H13BrF3NOS/c1-12(2,3)19(18)17-10(11(15)16)8-6-7(13)4-5-9(8)14/h4-6,11H,1-3H3/b17-10-/t19-/m1/s1. The maximum absolute atomic E-state index is 13.6. The van der Waals surface area contributed by atoms with E-state index in [1.165, 1.54) is 12.1 Å². The largest absolute Gasteiger partial charge is 0.591 e. The minimum atomic E-state index is -3.00. The van der Waals surface area contributed by atoms with Crippen molar-refractivity contribution in [3.63, 3.8) is 0 Å². The maximum atomic E-state index is 13.6. The molecule has 0 amide bonds. The summed E-state index contributed by atoms with van der Waals surface area (Å²) >= 11 is 1.20. The number of benzene rings is 1. The Hall–Kier alpha value is -0.530. The van der Waals surface area contributed by atoms with E-state index in [1.54, 1.807) is 20.8 Å². The lowest BCUT2D eigenvalue weighted by molar-refractivity contribution is 0.226. The van der Waals surface area contributed by atoms with Gasteiger partial charge in [0.15, 0.2) is 5.71 Å². The first-order valence-electron chi connectivity index (χ1n) is 5.37. The van der Waals surface area contributed by atoms with Gasteiger partial charge in [0.05, 0.1) is 0 Å². The number of rotatable bonds is 3. The lowest BCUT2D eigenvalue weighted by Crippen LogP contribution is -2.28. The summed E-state index contributed by atoms with van der Waals surface area (Å²) in [6.07, 6.45) is -3.00. The molecule has 0 N–H and O–H groups in total. The summed E-state index contributed by atoms with van der Waals surface area (Å²) in [7, 11) is 0. The van der Waals surface area contributed by atoms with Crippen LogP contribution in [-0.2, 0) is 11.4 Å². The Kier molecular flexibility index (Phi) is 5.46. The van der Waals surface area contributed by atoms with E-state index >= 15 is 0 Å². The highest BCUT2D eigenvalue weighted by Crippen LogP contribution is 2.23. The molecule has 0 fully saturated rings. The Morgan fingerprint density at radius 2 is 1.95 bits per heavy atom. The molecule has 1 atom stereocenters. The molecule has 1 aromatic carbocycles. The van der Waals surface area contributed by atoms with Crippen LogP contribution in [0.15, 0.2) is 27.1 Å². The summed E-state index contributed by atoms with van der Waals surface area (Å²) in [4.78, 5) is 0. The highest BCUT2D eigenvalue weighted by Gasteiger charge is 2.30. The molecule has 0 aliphatic heterocycles. The van der Waals surface area contributed by atoms with Crippen LogP contribution in [0.2, 0.25) is 0 Å². The molecule has 106 valence electrons. The number of hydrogen-bond acceptors (Lipinski definition) is 2. The predicted octanol–water partition coefficient (Wildman–Crippen LogP) is 4.10. The third-order valence-corrected chi connectivity index (χ3v) is 4.02. The topological polar surface area (TPSA) is 35.4 Å². The monoisotopic (exact) mass is 355 g/mol. The summed E-state index contributed by atoms with van der Waals surface area (Å²) in [5.41, 5.74) is -1.14. The van der Waals surface area contributed by atoms with Crippen LogP contribution in [0.4, 0.5) is 13.2 Å². The van der Waals surface area contributed by atoms with E-state index in [1.807, 2.05) is 0 Å². The fraction of sp³-hybridized carbons (Fsp3) is 0.417. The molecule has 19 heavy (non-hydrogen) atoms. The van der Waals surface area contributed by atoms with Crippen molar-refractivity contribution in [3.8, 4) is 0 Å². The van der Waals surface area contributed by atoms with Crippen LogP contribution in [0.5, 0.6) is 0 Å². The van der Waals surface area contributed by atoms with Crippen molar-refractivity contribution < 1.29 is 17.7 Å². The predicted molar refractivity (Wildman–Crippen MR) is 74.5 cm³/mol. The third-order valence-electron chi connectivity index (χ3n) is 2.12. The second-order valence-corrected chi connectivity index (χ2v) is 7.58. The number of hydrogen-bond donors (Lipinski definition) is 0. The fourth-order valence-electron chi connectivity index (χ4n) is 1.13. The van der Waals surface area contributed by atoms with Crippen molar-refractivity contribution in [1.29, 1.82) is 0 Å². The van der Waals surface area contributed by atoms with E-state index in [0.29, 0.717) is 4.47 Å². The molecule has 0 heterocycles. The van der Waals surface area contributed by atoms with Gasteiger partial charge < -0.3 is 4.55 Å². The van der Waals surface area contributed by atoms with Crippen LogP contribution in [0.3, 0.4) is 0 Å². The van der Waals surface area contributed by atoms with Crippen molar-refractivity contribution in [2.45, 2.75) is 31.9 Å². The summed E-state index contributed by atoms with van der Waals surface area (Å²) in [5, 5.41) is 0. The van der Waals surface area contributed by atoms with Crippen molar-refractivity contribution in [1.82, 2.24) is 0 Å². The first kappa shape index (κ1) is 16.5. The Morgan fingerprint density at radius 3 is 2.42 bits per heavy atom. The maximum Gasteiger partial charge on any atom is 0.285 e. The Labute approximate surface area is 121 Å². The van der Waals surface area contributed by atoms with E-state index in [-0.39, 0.29) is 5.56 Å². The molecule has 7 heteroatoms. The number of nitrogens with zero attached hydrogens (tertiary/aromatic N) is 1. The fourth-order valence-corrected chi connectivity index (χ4v) is 2.12. The number of halogens is 4. The van der Waals surface area contributed by atoms with Crippen LogP contribution in [0, 0.1) is 5.82 Å². The molecule has 0 bridgehead atoms. The van der Waals surface area contributed by atoms with E-state index in [2.05, 4.69) is 20.3 Å². The van der Waals surface area contributed by atoms with Crippen LogP contribution in [-0.4, -0.2) is 21.4 Å². The Bertz CT molecular complexity index is 488. The van der Waals surface area contributed by atoms with Crippen LogP contribution in [0.1, 0.15) is 26.3 Å². The summed E-state index contributed by atoms with van der Waals surface area (Å²) < 4.78 is 54.5. The van der Waals surface area contributed by atoms with Crippen molar-refractivity contribution in [3.05, 3.63) is 34.1 Å². The number of alkyl halides is 2. The smallest absolute Gasteiger partial charge is 0.285 e. The molecule has 2 nitrogen and oxygen atoms in total. The Morgan fingerprint density at radius 1 is 1.37 bits per heavy atom.